The fraction of sp³-hybridized carbons (Fsp3) is 0.364. The number of hydrogen-bond donors (Lipinski definition) is 1. The van der Waals surface area contributed by atoms with E-state index in [2.05, 4.69) is 4.72 Å². The van der Waals surface area contributed by atoms with Crippen molar-refractivity contribution in [3.8, 4) is 6.07 Å². The maximum atomic E-state index is 11.7. The van der Waals surface area contributed by atoms with E-state index in [0.29, 0.717) is 30.0 Å². The second-order valence-electron chi connectivity index (χ2n) is 3.46. The number of nitrogens with one attached hydrogen (secondary N) is 1. The zero-order valence-electron chi connectivity index (χ0n) is 9.19. The van der Waals surface area contributed by atoms with Gasteiger partial charge in [0.15, 0.2) is 0 Å². The predicted octanol–water partition coefficient (Wildman–Crippen LogP) is 1.61. The molecular weight excluding hydrogens is 260 g/mol. The molecule has 6 heteroatoms. The first-order valence-corrected chi connectivity index (χ1v) is 7.29. The molecule has 0 fully saturated rings. The van der Waals surface area contributed by atoms with Crippen LogP contribution in [0.25, 0.3) is 0 Å². The van der Waals surface area contributed by atoms with Gasteiger partial charge in [-0.05, 0) is 18.1 Å². The Labute approximate surface area is 106 Å². The quantitative estimate of drug-likeness (QED) is 0.632. The Kier molecular flexibility index (Phi) is 5.42. The molecule has 0 radical (unpaired) electrons. The molecule has 0 saturated heterocycles. The van der Waals surface area contributed by atoms with E-state index in [0.717, 1.165) is 0 Å². The third-order valence-electron chi connectivity index (χ3n) is 2.12. The average Bonchev–Trinajstić information content (AvgIpc) is 2.29. The predicted molar refractivity (Wildman–Crippen MR) is 67.1 cm³/mol. The van der Waals surface area contributed by atoms with Gasteiger partial charge in [-0.3, -0.25) is 0 Å². The molecule has 0 bridgehead atoms. The van der Waals surface area contributed by atoms with Crippen LogP contribution < -0.4 is 4.72 Å². The highest BCUT2D eigenvalue weighted by atomic mass is 35.5. The van der Waals surface area contributed by atoms with Crippen molar-refractivity contribution >= 4 is 21.6 Å². The van der Waals surface area contributed by atoms with E-state index in [9.17, 15) is 8.42 Å². The van der Waals surface area contributed by atoms with Gasteiger partial charge in [0.05, 0.1) is 17.4 Å². The molecular formula is C11H13ClN2O2S. The third-order valence-corrected chi connectivity index (χ3v) is 3.72. The lowest BCUT2D eigenvalue weighted by atomic mass is 10.1. The number of hydrogen-bond acceptors (Lipinski definition) is 3. The van der Waals surface area contributed by atoms with Crippen LogP contribution in [0.5, 0.6) is 0 Å². The van der Waals surface area contributed by atoms with Gasteiger partial charge in [0.1, 0.15) is 0 Å². The average molecular weight is 273 g/mol. The lowest BCUT2D eigenvalue weighted by Gasteiger charge is -2.06. The van der Waals surface area contributed by atoms with E-state index < -0.39 is 10.0 Å². The molecule has 1 rings (SSSR count). The lowest BCUT2D eigenvalue weighted by molar-refractivity contribution is 0.580. The monoisotopic (exact) mass is 272 g/mol. The number of nitrogens with zero attached hydrogens (tertiary/aromatic N) is 1. The van der Waals surface area contributed by atoms with Crippen molar-refractivity contribution < 1.29 is 8.42 Å². The van der Waals surface area contributed by atoms with Crippen LogP contribution in [0.2, 0.25) is 0 Å². The SMILES string of the molecule is N#Cc1ccccc1CS(=O)(=O)NCCCCl. The van der Waals surface area contributed by atoms with Gasteiger partial charge >= 0.3 is 0 Å². The summed E-state index contributed by atoms with van der Waals surface area (Å²) < 4.78 is 25.8. The van der Waals surface area contributed by atoms with Crippen LogP contribution in [0, 0.1) is 11.3 Å². The lowest BCUT2D eigenvalue weighted by Crippen LogP contribution is -2.26. The topological polar surface area (TPSA) is 70.0 Å². The molecule has 0 aromatic heterocycles. The Hall–Kier alpha value is -1.09. The van der Waals surface area contributed by atoms with E-state index in [1.165, 1.54) is 0 Å². The minimum atomic E-state index is -3.40. The van der Waals surface area contributed by atoms with Gasteiger partial charge in [-0.1, -0.05) is 18.2 Å². The summed E-state index contributed by atoms with van der Waals surface area (Å²) in [6.07, 6.45) is 0.584. The van der Waals surface area contributed by atoms with E-state index in [1.54, 1.807) is 24.3 Å². The Morgan fingerprint density at radius 3 is 2.71 bits per heavy atom. The van der Waals surface area contributed by atoms with Crippen LogP contribution in [-0.4, -0.2) is 20.8 Å². The van der Waals surface area contributed by atoms with Crippen LogP contribution in [-0.2, 0) is 15.8 Å². The van der Waals surface area contributed by atoms with Gasteiger partial charge in [0, 0.05) is 12.4 Å². The number of sulfonamides is 1. The molecule has 92 valence electrons. The Bertz CT molecular complexity index is 508. The largest absolute Gasteiger partial charge is 0.215 e. The summed E-state index contributed by atoms with van der Waals surface area (Å²) in [4.78, 5) is 0. The van der Waals surface area contributed by atoms with Crippen LogP contribution in [0.4, 0.5) is 0 Å². The maximum absolute atomic E-state index is 11.7. The van der Waals surface area contributed by atoms with Crippen molar-refractivity contribution in [2.24, 2.45) is 0 Å². The van der Waals surface area contributed by atoms with Gasteiger partial charge in [-0.2, -0.15) is 5.26 Å². The highest BCUT2D eigenvalue weighted by Gasteiger charge is 2.13. The minimum absolute atomic E-state index is 0.182. The molecule has 0 spiro atoms. The molecule has 0 amide bonds. The molecule has 0 heterocycles. The minimum Gasteiger partial charge on any atom is -0.215 e. The Balaban J connectivity index is 2.73. The van der Waals surface area contributed by atoms with Gasteiger partial charge in [-0.15, -0.1) is 11.6 Å². The number of rotatable bonds is 6. The van der Waals surface area contributed by atoms with Crippen LogP contribution in [0.1, 0.15) is 17.5 Å². The van der Waals surface area contributed by atoms with E-state index in [-0.39, 0.29) is 5.75 Å². The molecule has 1 aromatic rings. The van der Waals surface area contributed by atoms with Gasteiger partial charge in [0.2, 0.25) is 10.0 Å². The third kappa shape index (κ3) is 4.73. The smallest absolute Gasteiger partial charge is 0.215 e. The van der Waals surface area contributed by atoms with Crippen molar-refractivity contribution in [3.05, 3.63) is 35.4 Å². The number of nitriles is 1. The molecule has 1 N–H and O–H groups in total. The summed E-state index contributed by atoms with van der Waals surface area (Å²) in [6.45, 7) is 0.320. The molecule has 0 unspecified atom stereocenters. The molecule has 0 saturated carbocycles. The molecule has 1 aromatic carbocycles. The molecule has 0 aliphatic heterocycles. The highest BCUT2D eigenvalue weighted by Crippen LogP contribution is 2.10. The summed E-state index contributed by atoms with van der Waals surface area (Å²) >= 11 is 5.46. The maximum Gasteiger partial charge on any atom is 0.215 e. The highest BCUT2D eigenvalue weighted by molar-refractivity contribution is 7.88. The standard InChI is InChI=1S/C11H13ClN2O2S/c12-6-3-7-14-17(15,16)9-11-5-2-1-4-10(11)8-13/h1-2,4-5,14H,3,6-7,9H2. The second-order valence-corrected chi connectivity index (χ2v) is 5.65. The molecule has 4 nitrogen and oxygen atoms in total. The number of halogens is 1. The van der Waals surface area contributed by atoms with Crippen molar-refractivity contribution in [1.29, 1.82) is 5.26 Å². The van der Waals surface area contributed by atoms with Gasteiger partial charge in [-0.25, -0.2) is 13.1 Å². The normalized spacial score (nSPS) is 11.1. The van der Waals surface area contributed by atoms with Crippen molar-refractivity contribution in [2.75, 3.05) is 12.4 Å². The first-order valence-electron chi connectivity index (χ1n) is 5.10. The van der Waals surface area contributed by atoms with E-state index >= 15 is 0 Å². The summed E-state index contributed by atoms with van der Waals surface area (Å²) in [6, 6.07) is 8.63. The summed E-state index contributed by atoms with van der Waals surface area (Å²) in [5, 5.41) is 8.85. The molecule has 17 heavy (non-hydrogen) atoms. The Morgan fingerprint density at radius 2 is 2.06 bits per heavy atom. The summed E-state index contributed by atoms with van der Waals surface area (Å²) in [5.41, 5.74) is 0.892. The first-order chi connectivity index (χ1) is 8.09. The molecule has 0 atom stereocenters. The molecule has 0 aliphatic rings. The van der Waals surface area contributed by atoms with E-state index in [1.807, 2.05) is 6.07 Å². The number of benzene rings is 1. The van der Waals surface area contributed by atoms with Crippen molar-refractivity contribution in [3.63, 3.8) is 0 Å². The van der Waals surface area contributed by atoms with E-state index in [4.69, 9.17) is 16.9 Å². The first kappa shape index (κ1) is 14.0. The zero-order valence-corrected chi connectivity index (χ0v) is 10.8. The van der Waals surface area contributed by atoms with Crippen LogP contribution >= 0.6 is 11.6 Å². The fourth-order valence-corrected chi connectivity index (χ4v) is 2.66. The summed E-state index contributed by atoms with van der Waals surface area (Å²) in [5.74, 6) is 0.232. The van der Waals surface area contributed by atoms with Crippen molar-refractivity contribution in [2.45, 2.75) is 12.2 Å². The Morgan fingerprint density at radius 1 is 1.35 bits per heavy atom. The fourth-order valence-electron chi connectivity index (χ4n) is 1.31. The second kappa shape index (κ2) is 6.60. The van der Waals surface area contributed by atoms with Crippen LogP contribution in [0.3, 0.4) is 0 Å². The van der Waals surface area contributed by atoms with Crippen molar-refractivity contribution in [1.82, 2.24) is 4.72 Å². The molecule has 0 aliphatic carbocycles. The zero-order chi connectivity index (χ0) is 12.7. The number of alkyl halides is 1. The van der Waals surface area contributed by atoms with Crippen LogP contribution in [0.15, 0.2) is 24.3 Å². The van der Waals surface area contributed by atoms with Gasteiger partial charge in [0.25, 0.3) is 0 Å². The van der Waals surface area contributed by atoms with Gasteiger partial charge < -0.3 is 0 Å². The summed E-state index contributed by atoms with van der Waals surface area (Å²) in [7, 11) is -3.40.